The molecule has 5 aromatic carbocycles. The molecule has 0 fully saturated rings. The summed E-state index contributed by atoms with van der Waals surface area (Å²) in [6, 6.07) is 34.6. The summed E-state index contributed by atoms with van der Waals surface area (Å²) in [5.74, 6) is 1.68. The first kappa shape index (κ1) is 17.9. The zero-order valence-electron chi connectivity index (χ0n) is 18.2. The second kappa shape index (κ2) is 6.46. The number of hydrogen-bond acceptors (Lipinski definition) is 2. The van der Waals surface area contributed by atoms with Crippen LogP contribution in [0.5, 0.6) is 11.5 Å². The van der Waals surface area contributed by atoms with E-state index in [0.717, 1.165) is 22.4 Å². The molecule has 7 aromatic rings. The van der Waals surface area contributed by atoms with Crippen molar-refractivity contribution >= 4 is 43.4 Å². The van der Waals surface area contributed by atoms with Crippen LogP contribution in [0.3, 0.4) is 0 Å². The molecule has 3 heterocycles. The van der Waals surface area contributed by atoms with Crippen LogP contribution in [0, 0.1) is 0 Å². The van der Waals surface area contributed by atoms with E-state index < -0.39 is 0 Å². The molecule has 1 aliphatic heterocycles. The van der Waals surface area contributed by atoms with Gasteiger partial charge in [0.1, 0.15) is 5.75 Å². The Balaban J connectivity index is 1.64. The van der Waals surface area contributed by atoms with E-state index in [2.05, 4.69) is 107 Å². The lowest BCUT2D eigenvalue weighted by molar-refractivity contribution is 0.484. The number of ether oxygens (including phenoxy) is 1. The summed E-state index contributed by atoms with van der Waals surface area (Å²) in [4.78, 5) is 4.29. The minimum absolute atomic E-state index is 0.805. The molecule has 3 nitrogen and oxygen atoms in total. The fraction of sp³-hybridized carbons (Fsp3) is 0. The van der Waals surface area contributed by atoms with Crippen molar-refractivity contribution in [2.24, 2.45) is 0 Å². The summed E-state index contributed by atoms with van der Waals surface area (Å²) in [5, 5.41) is 7.30. The lowest BCUT2D eigenvalue weighted by atomic mass is 9.93. The van der Waals surface area contributed by atoms with E-state index in [4.69, 9.17) is 4.74 Å². The second-order valence-electron chi connectivity index (χ2n) is 8.82. The number of rotatable bonds is 1. The molecule has 1 aliphatic rings. The van der Waals surface area contributed by atoms with Gasteiger partial charge in [0.25, 0.3) is 0 Å². The average molecular weight is 434 g/mol. The first-order valence-electron chi connectivity index (χ1n) is 11.5. The van der Waals surface area contributed by atoms with Crippen molar-refractivity contribution in [2.45, 2.75) is 0 Å². The smallest absolute Gasteiger partial charge is 0.153 e. The van der Waals surface area contributed by atoms with E-state index in [9.17, 15) is 0 Å². The largest absolute Gasteiger partial charge is 0.454 e. The Bertz CT molecular complexity index is 1940. The topological polar surface area (TPSA) is 27.1 Å². The van der Waals surface area contributed by atoms with Gasteiger partial charge in [-0.3, -0.25) is 4.98 Å². The minimum atomic E-state index is 0.805. The molecule has 158 valence electrons. The molecule has 34 heavy (non-hydrogen) atoms. The van der Waals surface area contributed by atoms with Crippen LogP contribution >= 0.6 is 0 Å². The van der Waals surface area contributed by atoms with E-state index in [1.54, 1.807) is 6.20 Å². The first-order chi connectivity index (χ1) is 16.9. The highest BCUT2D eigenvalue weighted by Crippen LogP contribution is 2.50. The highest BCUT2D eigenvalue weighted by atomic mass is 16.5. The molecule has 8 rings (SSSR count). The van der Waals surface area contributed by atoms with Crippen molar-refractivity contribution in [2.75, 3.05) is 0 Å². The molecule has 0 unspecified atom stereocenters. The summed E-state index contributed by atoms with van der Waals surface area (Å²) < 4.78 is 8.75. The number of para-hydroxylation sites is 1. The van der Waals surface area contributed by atoms with Gasteiger partial charge in [0, 0.05) is 38.7 Å². The Morgan fingerprint density at radius 3 is 2.38 bits per heavy atom. The molecule has 0 atom stereocenters. The maximum atomic E-state index is 6.32. The van der Waals surface area contributed by atoms with Crippen LogP contribution in [0.15, 0.2) is 109 Å². The van der Waals surface area contributed by atoms with Gasteiger partial charge < -0.3 is 9.30 Å². The van der Waals surface area contributed by atoms with Gasteiger partial charge in [-0.05, 0) is 41.3 Å². The fourth-order valence-electron chi connectivity index (χ4n) is 5.65. The lowest BCUT2D eigenvalue weighted by Gasteiger charge is -2.22. The monoisotopic (exact) mass is 434 g/mol. The Hall–Kier alpha value is -4.63. The van der Waals surface area contributed by atoms with Gasteiger partial charge in [-0.1, -0.05) is 66.7 Å². The quantitative estimate of drug-likeness (QED) is 0.260. The number of benzene rings is 5. The predicted molar refractivity (Wildman–Crippen MR) is 139 cm³/mol. The maximum absolute atomic E-state index is 6.32. The zero-order valence-corrected chi connectivity index (χ0v) is 18.2. The predicted octanol–water partition coefficient (Wildman–Crippen LogP) is 8.26. The molecule has 3 heteroatoms. The van der Waals surface area contributed by atoms with Crippen molar-refractivity contribution < 1.29 is 4.74 Å². The number of pyridine rings is 1. The molecule has 0 N–H and O–H groups in total. The van der Waals surface area contributed by atoms with Gasteiger partial charge in [0.2, 0.25) is 0 Å². The van der Waals surface area contributed by atoms with Crippen molar-refractivity contribution in [1.29, 1.82) is 0 Å². The van der Waals surface area contributed by atoms with Crippen LogP contribution in [-0.4, -0.2) is 9.55 Å². The normalized spacial score (nSPS) is 12.4. The summed E-state index contributed by atoms with van der Waals surface area (Å²) in [6.07, 6.45) is 3.65. The van der Waals surface area contributed by atoms with Crippen molar-refractivity contribution in [3.8, 4) is 28.3 Å². The molecule has 0 amide bonds. The fourth-order valence-corrected chi connectivity index (χ4v) is 5.65. The van der Waals surface area contributed by atoms with Crippen molar-refractivity contribution in [3.05, 3.63) is 109 Å². The van der Waals surface area contributed by atoms with Crippen LogP contribution in [0.1, 0.15) is 0 Å². The molecule has 0 radical (unpaired) electrons. The molecule has 2 aromatic heterocycles. The Morgan fingerprint density at radius 1 is 0.618 bits per heavy atom. The average Bonchev–Trinajstić information content (AvgIpc) is 3.23. The van der Waals surface area contributed by atoms with Gasteiger partial charge >= 0.3 is 0 Å². The van der Waals surface area contributed by atoms with Crippen LogP contribution in [0.2, 0.25) is 0 Å². The van der Waals surface area contributed by atoms with Gasteiger partial charge in [0.15, 0.2) is 5.75 Å². The van der Waals surface area contributed by atoms with Crippen molar-refractivity contribution in [1.82, 2.24) is 9.55 Å². The number of nitrogens with zero attached hydrogens (tertiary/aromatic N) is 2. The molecule has 0 spiro atoms. The van der Waals surface area contributed by atoms with E-state index in [0.29, 0.717) is 0 Å². The third-order valence-electron chi connectivity index (χ3n) is 7.06. The van der Waals surface area contributed by atoms with Crippen LogP contribution in [0.4, 0.5) is 0 Å². The van der Waals surface area contributed by atoms with Crippen molar-refractivity contribution in [3.63, 3.8) is 0 Å². The summed E-state index contributed by atoms with van der Waals surface area (Å²) in [7, 11) is 0. The molecule has 0 saturated heterocycles. The van der Waals surface area contributed by atoms with E-state index in [-0.39, 0.29) is 0 Å². The summed E-state index contributed by atoms with van der Waals surface area (Å²) in [6.45, 7) is 0. The number of hydrogen-bond donors (Lipinski definition) is 0. The SMILES string of the molecule is c1ccc2c(-n3c4ccccc4c4cc5c6c(cccc6c43)Oc3cnccc3-5)cccc2c1. The van der Waals surface area contributed by atoms with Crippen LogP contribution < -0.4 is 4.74 Å². The highest BCUT2D eigenvalue weighted by molar-refractivity contribution is 6.24. The third kappa shape index (κ3) is 2.23. The molecule has 0 aliphatic carbocycles. The zero-order chi connectivity index (χ0) is 22.2. The number of fused-ring (bicyclic) bond motifs is 7. The van der Waals surface area contributed by atoms with Gasteiger partial charge in [0.05, 0.1) is 22.9 Å². The Labute approximate surface area is 195 Å². The standard InChI is InChI=1S/C31H18N2O/c1-2-9-20-19(7-1)8-5-13-26(20)33-27-12-4-3-10-21(27)25-17-24-22-15-16-32-18-29(22)34-28-14-6-11-23(30(24)28)31(25)33/h1-18H. The Kier molecular flexibility index (Phi) is 3.39. The summed E-state index contributed by atoms with van der Waals surface area (Å²) in [5.41, 5.74) is 5.88. The molecular weight excluding hydrogens is 416 g/mol. The molecule has 0 saturated carbocycles. The lowest BCUT2D eigenvalue weighted by Crippen LogP contribution is -2.00. The van der Waals surface area contributed by atoms with E-state index in [1.807, 2.05) is 6.20 Å². The van der Waals surface area contributed by atoms with E-state index in [1.165, 1.54) is 49.2 Å². The summed E-state index contributed by atoms with van der Waals surface area (Å²) >= 11 is 0. The second-order valence-corrected chi connectivity index (χ2v) is 8.82. The highest BCUT2D eigenvalue weighted by Gasteiger charge is 2.25. The number of aromatic nitrogens is 2. The first-order valence-corrected chi connectivity index (χ1v) is 11.5. The van der Waals surface area contributed by atoms with Crippen LogP contribution in [-0.2, 0) is 0 Å². The van der Waals surface area contributed by atoms with Gasteiger partial charge in [-0.25, -0.2) is 0 Å². The molecule has 0 bridgehead atoms. The van der Waals surface area contributed by atoms with Gasteiger partial charge in [-0.2, -0.15) is 0 Å². The third-order valence-corrected chi connectivity index (χ3v) is 7.06. The molecular formula is C31H18N2O. The minimum Gasteiger partial charge on any atom is -0.454 e. The Morgan fingerprint density at radius 2 is 1.41 bits per heavy atom. The van der Waals surface area contributed by atoms with E-state index >= 15 is 0 Å². The van der Waals surface area contributed by atoms with Crippen LogP contribution in [0.25, 0.3) is 60.2 Å². The van der Waals surface area contributed by atoms with Gasteiger partial charge in [-0.15, -0.1) is 0 Å². The maximum Gasteiger partial charge on any atom is 0.153 e.